The summed E-state index contributed by atoms with van der Waals surface area (Å²) in [6.07, 6.45) is 13.1. The summed E-state index contributed by atoms with van der Waals surface area (Å²) in [5.41, 5.74) is 0.110. The first kappa shape index (κ1) is 11.2. The Morgan fingerprint density at radius 2 is 1.47 bits per heavy atom. The number of carbonyl (C=O) groups is 1. The lowest BCUT2D eigenvalue weighted by Gasteiger charge is -2.43. The Bertz CT molecular complexity index is 219. The normalized spacial score (nSPS) is 27.5. The van der Waals surface area contributed by atoms with Crippen molar-refractivity contribution in [2.24, 2.45) is 11.3 Å². The van der Waals surface area contributed by atoms with Crippen molar-refractivity contribution in [2.45, 2.75) is 71.1 Å². The number of rotatable bonds is 2. The number of carbonyl (C=O) groups excluding carboxylic acids is 1. The first-order valence-corrected chi connectivity index (χ1v) is 6.77. The minimum absolute atomic E-state index is 0.110. The van der Waals surface area contributed by atoms with Crippen molar-refractivity contribution in [3.63, 3.8) is 0 Å². The van der Waals surface area contributed by atoms with Crippen molar-refractivity contribution >= 4 is 5.78 Å². The van der Waals surface area contributed by atoms with Crippen LogP contribution < -0.4 is 0 Å². The summed E-state index contributed by atoms with van der Waals surface area (Å²) < 4.78 is 0. The predicted molar refractivity (Wildman–Crippen MR) is 62.8 cm³/mol. The van der Waals surface area contributed by atoms with Crippen molar-refractivity contribution < 1.29 is 4.79 Å². The van der Waals surface area contributed by atoms with Gasteiger partial charge in [-0.3, -0.25) is 4.79 Å². The fourth-order valence-electron chi connectivity index (χ4n) is 3.89. The van der Waals surface area contributed by atoms with E-state index in [9.17, 15) is 4.79 Å². The van der Waals surface area contributed by atoms with Gasteiger partial charge in [-0.1, -0.05) is 38.5 Å². The highest BCUT2D eigenvalue weighted by Gasteiger charge is 2.43. The van der Waals surface area contributed by atoms with E-state index in [-0.39, 0.29) is 5.41 Å². The Hall–Kier alpha value is -0.330. The third-order valence-corrected chi connectivity index (χ3v) is 4.83. The van der Waals surface area contributed by atoms with Gasteiger partial charge in [-0.2, -0.15) is 0 Å². The zero-order chi connectivity index (χ0) is 10.7. The first-order chi connectivity index (χ1) is 7.26. The van der Waals surface area contributed by atoms with Gasteiger partial charge in [0.1, 0.15) is 5.78 Å². The molecule has 0 N–H and O–H groups in total. The fraction of sp³-hybridized carbons (Fsp3) is 0.929. The molecule has 0 heterocycles. The summed E-state index contributed by atoms with van der Waals surface area (Å²) in [4.78, 5) is 12.0. The second-order valence-corrected chi connectivity index (χ2v) is 5.61. The molecule has 0 aliphatic heterocycles. The van der Waals surface area contributed by atoms with Crippen LogP contribution in [0, 0.1) is 11.3 Å². The van der Waals surface area contributed by atoms with Gasteiger partial charge in [-0.05, 0) is 38.5 Å². The minimum atomic E-state index is 0.110. The van der Waals surface area contributed by atoms with Crippen molar-refractivity contribution in [3.05, 3.63) is 0 Å². The summed E-state index contributed by atoms with van der Waals surface area (Å²) >= 11 is 0. The third kappa shape index (κ3) is 2.11. The molecule has 2 rings (SSSR count). The van der Waals surface area contributed by atoms with Gasteiger partial charge in [0.15, 0.2) is 0 Å². The van der Waals surface area contributed by atoms with Gasteiger partial charge in [0.2, 0.25) is 0 Å². The highest BCUT2D eigenvalue weighted by Crippen LogP contribution is 2.48. The Balaban J connectivity index is 2.12. The molecular formula is C14H24O. The molecule has 15 heavy (non-hydrogen) atoms. The molecule has 0 radical (unpaired) electrons. The highest BCUT2D eigenvalue weighted by molar-refractivity contribution is 5.82. The molecule has 2 fully saturated rings. The van der Waals surface area contributed by atoms with Crippen LogP contribution in [0.1, 0.15) is 71.1 Å². The molecule has 0 saturated heterocycles. The van der Waals surface area contributed by atoms with Gasteiger partial charge in [-0.15, -0.1) is 0 Å². The van der Waals surface area contributed by atoms with Crippen LogP contribution in [-0.2, 0) is 4.79 Å². The minimum Gasteiger partial charge on any atom is -0.299 e. The second-order valence-electron chi connectivity index (χ2n) is 5.61. The molecule has 0 amide bonds. The average Bonchev–Trinajstić information content (AvgIpc) is 2.31. The summed E-state index contributed by atoms with van der Waals surface area (Å²) in [7, 11) is 0. The van der Waals surface area contributed by atoms with E-state index in [1.54, 1.807) is 0 Å². The molecular weight excluding hydrogens is 184 g/mol. The van der Waals surface area contributed by atoms with Gasteiger partial charge >= 0.3 is 0 Å². The average molecular weight is 208 g/mol. The Morgan fingerprint density at radius 1 is 0.933 bits per heavy atom. The van der Waals surface area contributed by atoms with Crippen molar-refractivity contribution in [3.8, 4) is 0 Å². The van der Waals surface area contributed by atoms with Gasteiger partial charge in [0.25, 0.3) is 0 Å². The molecule has 0 bridgehead atoms. The fourth-order valence-corrected chi connectivity index (χ4v) is 3.89. The largest absolute Gasteiger partial charge is 0.299 e. The number of Topliss-reactive ketones (excluding diaryl/α,β-unsaturated/α-hetero) is 1. The molecule has 0 spiro atoms. The molecule has 2 saturated carbocycles. The van der Waals surface area contributed by atoms with E-state index in [2.05, 4.69) is 0 Å². The summed E-state index contributed by atoms with van der Waals surface area (Å²) in [6.45, 7) is 1.85. The summed E-state index contributed by atoms with van der Waals surface area (Å²) in [6, 6.07) is 0. The van der Waals surface area contributed by atoms with Gasteiger partial charge in [0.05, 0.1) is 0 Å². The Kier molecular flexibility index (Phi) is 3.48. The van der Waals surface area contributed by atoms with E-state index in [1.165, 1.54) is 64.2 Å². The second kappa shape index (κ2) is 4.67. The topological polar surface area (TPSA) is 17.1 Å². The quantitative estimate of drug-likeness (QED) is 0.667. The number of hydrogen-bond donors (Lipinski definition) is 0. The molecule has 0 aromatic carbocycles. The van der Waals surface area contributed by atoms with E-state index in [0.717, 1.165) is 5.92 Å². The SMILES string of the molecule is CC(=O)C1(C2CCCCC2)CCCCC1. The first-order valence-electron chi connectivity index (χ1n) is 6.77. The van der Waals surface area contributed by atoms with Crippen LogP contribution in [0.5, 0.6) is 0 Å². The van der Waals surface area contributed by atoms with E-state index in [4.69, 9.17) is 0 Å². The van der Waals surface area contributed by atoms with E-state index in [0.29, 0.717) is 5.78 Å². The van der Waals surface area contributed by atoms with Crippen LogP contribution in [0.15, 0.2) is 0 Å². The van der Waals surface area contributed by atoms with Gasteiger partial charge in [-0.25, -0.2) is 0 Å². The standard InChI is InChI=1S/C14H24O/c1-12(15)14(10-6-3-7-11-14)13-8-4-2-5-9-13/h13H,2-11H2,1H3. The molecule has 2 aliphatic rings. The molecule has 0 aromatic rings. The van der Waals surface area contributed by atoms with E-state index >= 15 is 0 Å². The monoisotopic (exact) mass is 208 g/mol. The van der Waals surface area contributed by atoms with Crippen LogP contribution in [0.3, 0.4) is 0 Å². The Labute approximate surface area is 93.6 Å². The van der Waals surface area contributed by atoms with Crippen LogP contribution in [-0.4, -0.2) is 5.78 Å². The summed E-state index contributed by atoms with van der Waals surface area (Å²) in [5, 5.41) is 0. The van der Waals surface area contributed by atoms with Crippen LogP contribution >= 0.6 is 0 Å². The molecule has 1 heteroatoms. The molecule has 1 nitrogen and oxygen atoms in total. The lowest BCUT2D eigenvalue weighted by atomic mass is 9.60. The molecule has 0 aromatic heterocycles. The van der Waals surface area contributed by atoms with Gasteiger partial charge in [0, 0.05) is 5.41 Å². The Morgan fingerprint density at radius 3 is 2.00 bits per heavy atom. The van der Waals surface area contributed by atoms with Crippen LogP contribution in [0.25, 0.3) is 0 Å². The smallest absolute Gasteiger partial charge is 0.136 e. The molecule has 86 valence electrons. The van der Waals surface area contributed by atoms with E-state index in [1.807, 2.05) is 6.92 Å². The lowest BCUT2D eigenvalue weighted by Crippen LogP contribution is -2.40. The summed E-state index contributed by atoms with van der Waals surface area (Å²) in [5.74, 6) is 1.22. The number of hydrogen-bond acceptors (Lipinski definition) is 1. The number of ketones is 1. The molecule has 0 atom stereocenters. The van der Waals surface area contributed by atoms with Crippen molar-refractivity contribution in [1.82, 2.24) is 0 Å². The van der Waals surface area contributed by atoms with Crippen LogP contribution in [0.4, 0.5) is 0 Å². The predicted octanol–water partition coefficient (Wildman–Crippen LogP) is 4.11. The zero-order valence-electron chi connectivity index (χ0n) is 10.1. The van der Waals surface area contributed by atoms with Crippen molar-refractivity contribution in [2.75, 3.05) is 0 Å². The molecule has 2 aliphatic carbocycles. The van der Waals surface area contributed by atoms with Crippen LogP contribution in [0.2, 0.25) is 0 Å². The maximum Gasteiger partial charge on any atom is 0.136 e. The maximum absolute atomic E-state index is 12.0. The third-order valence-electron chi connectivity index (χ3n) is 4.83. The van der Waals surface area contributed by atoms with E-state index < -0.39 is 0 Å². The van der Waals surface area contributed by atoms with Gasteiger partial charge < -0.3 is 0 Å². The maximum atomic E-state index is 12.0. The molecule has 0 unspecified atom stereocenters. The zero-order valence-corrected chi connectivity index (χ0v) is 10.1. The lowest BCUT2D eigenvalue weighted by molar-refractivity contribution is -0.133. The highest BCUT2D eigenvalue weighted by atomic mass is 16.1. The van der Waals surface area contributed by atoms with Crippen molar-refractivity contribution in [1.29, 1.82) is 0 Å².